The lowest BCUT2D eigenvalue weighted by Crippen LogP contribution is -2.46. The maximum atomic E-state index is 12.1. The number of esters is 1. The predicted molar refractivity (Wildman–Crippen MR) is 91.2 cm³/mol. The number of benzene rings is 1. The van der Waals surface area contributed by atoms with Crippen LogP contribution < -0.4 is 10.6 Å². The van der Waals surface area contributed by atoms with E-state index in [0.29, 0.717) is 0 Å². The fourth-order valence-corrected chi connectivity index (χ4v) is 2.52. The standard InChI is InChI=1S/C15H19ClN2O6S/c1-8(2)17-15(21)18-13(19)9(3)24-14(20)11-7-10(25(4,22)23)5-6-12(11)16/h5-9H,1-4H3,(H2,17,18,19,21)/t9-/m0/s1. The van der Waals surface area contributed by atoms with E-state index in [2.05, 4.69) is 5.32 Å². The fourth-order valence-electron chi connectivity index (χ4n) is 1.68. The molecule has 0 spiro atoms. The zero-order valence-corrected chi connectivity index (χ0v) is 15.7. The van der Waals surface area contributed by atoms with Gasteiger partial charge in [-0.15, -0.1) is 0 Å². The summed E-state index contributed by atoms with van der Waals surface area (Å²) in [5, 5.41) is 4.45. The largest absolute Gasteiger partial charge is 0.449 e. The van der Waals surface area contributed by atoms with Gasteiger partial charge in [-0.2, -0.15) is 0 Å². The summed E-state index contributed by atoms with van der Waals surface area (Å²) in [6.45, 7) is 4.69. The molecule has 0 saturated heterocycles. The summed E-state index contributed by atoms with van der Waals surface area (Å²) in [6, 6.07) is 2.66. The van der Waals surface area contributed by atoms with E-state index in [1.807, 2.05) is 5.32 Å². The number of amides is 3. The second kappa shape index (κ2) is 8.30. The van der Waals surface area contributed by atoms with E-state index in [1.165, 1.54) is 19.1 Å². The number of halogens is 1. The second-order valence-corrected chi connectivity index (χ2v) is 8.00. The summed E-state index contributed by atoms with van der Waals surface area (Å²) in [7, 11) is -3.55. The Hall–Kier alpha value is -2.13. The van der Waals surface area contributed by atoms with Crippen LogP contribution >= 0.6 is 11.6 Å². The van der Waals surface area contributed by atoms with E-state index in [4.69, 9.17) is 16.3 Å². The van der Waals surface area contributed by atoms with Gasteiger partial charge in [-0.25, -0.2) is 18.0 Å². The molecule has 0 aromatic heterocycles. The van der Waals surface area contributed by atoms with Crippen molar-refractivity contribution in [2.45, 2.75) is 37.8 Å². The Morgan fingerprint density at radius 1 is 1.16 bits per heavy atom. The lowest BCUT2D eigenvalue weighted by molar-refractivity contribution is -0.127. The molecule has 0 aliphatic rings. The monoisotopic (exact) mass is 390 g/mol. The minimum Gasteiger partial charge on any atom is -0.449 e. The molecule has 0 radical (unpaired) electrons. The average molecular weight is 391 g/mol. The van der Waals surface area contributed by atoms with Crippen molar-refractivity contribution >= 4 is 39.3 Å². The third kappa shape index (κ3) is 6.35. The summed E-state index contributed by atoms with van der Waals surface area (Å²) >= 11 is 5.89. The van der Waals surface area contributed by atoms with Crippen LogP contribution in [0.5, 0.6) is 0 Å². The SMILES string of the molecule is CC(C)NC(=O)NC(=O)[C@H](C)OC(=O)c1cc(S(C)(=O)=O)ccc1Cl. The molecule has 2 N–H and O–H groups in total. The highest BCUT2D eigenvalue weighted by Crippen LogP contribution is 2.21. The Morgan fingerprint density at radius 3 is 2.28 bits per heavy atom. The number of carbonyl (C=O) groups is 3. The Morgan fingerprint density at radius 2 is 1.76 bits per heavy atom. The molecule has 10 heteroatoms. The number of rotatable bonds is 5. The normalized spacial score (nSPS) is 12.4. The van der Waals surface area contributed by atoms with Crippen molar-refractivity contribution in [1.29, 1.82) is 0 Å². The quantitative estimate of drug-likeness (QED) is 0.736. The Bertz CT molecular complexity index is 791. The van der Waals surface area contributed by atoms with Crippen molar-refractivity contribution in [3.63, 3.8) is 0 Å². The first kappa shape index (κ1) is 20.9. The molecule has 0 fully saturated rings. The molecule has 3 amide bonds. The third-order valence-corrected chi connectivity index (χ3v) is 4.34. The number of hydrogen-bond donors (Lipinski definition) is 2. The number of nitrogens with one attached hydrogen (secondary N) is 2. The molecule has 1 aromatic carbocycles. The molecule has 0 aliphatic carbocycles. The second-order valence-electron chi connectivity index (χ2n) is 5.58. The van der Waals surface area contributed by atoms with Gasteiger partial charge in [0.25, 0.3) is 5.91 Å². The minimum atomic E-state index is -3.55. The van der Waals surface area contributed by atoms with Crippen molar-refractivity contribution in [3.8, 4) is 0 Å². The number of sulfone groups is 1. The number of imide groups is 1. The summed E-state index contributed by atoms with van der Waals surface area (Å²) in [5.41, 5.74) is -0.198. The van der Waals surface area contributed by atoms with Gasteiger partial charge in [0.2, 0.25) is 0 Å². The van der Waals surface area contributed by atoms with Crippen molar-refractivity contribution in [3.05, 3.63) is 28.8 Å². The van der Waals surface area contributed by atoms with E-state index in [-0.39, 0.29) is 21.5 Å². The molecule has 8 nitrogen and oxygen atoms in total. The van der Waals surface area contributed by atoms with Crippen LogP contribution in [0.25, 0.3) is 0 Å². The van der Waals surface area contributed by atoms with Gasteiger partial charge in [-0.05, 0) is 39.0 Å². The number of carbonyl (C=O) groups excluding carboxylic acids is 3. The van der Waals surface area contributed by atoms with Crippen molar-refractivity contribution in [1.82, 2.24) is 10.6 Å². The summed E-state index contributed by atoms with van der Waals surface area (Å²) in [5.74, 6) is -1.82. The molecule has 0 bridgehead atoms. The van der Waals surface area contributed by atoms with Gasteiger partial charge in [-0.3, -0.25) is 10.1 Å². The van der Waals surface area contributed by atoms with Crippen LogP contribution in [0.3, 0.4) is 0 Å². The first-order valence-corrected chi connectivity index (χ1v) is 9.50. The van der Waals surface area contributed by atoms with Crippen LogP contribution in [0.15, 0.2) is 23.1 Å². The van der Waals surface area contributed by atoms with E-state index in [0.717, 1.165) is 12.3 Å². The smallest absolute Gasteiger partial charge is 0.340 e. The van der Waals surface area contributed by atoms with Crippen molar-refractivity contribution in [2.75, 3.05) is 6.26 Å². The third-order valence-electron chi connectivity index (χ3n) is 2.90. The molecular formula is C15H19ClN2O6S. The van der Waals surface area contributed by atoms with Crippen LogP contribution in [-0.4, -0.2) is 44.7 Å². The van der Waals surface area contributed by atoms with Gasteiger partial charge < -0.3 is 10.1 Å². The van der Waals surface area contributed by atoms with Gasteiger partial charge in [-0.1, -0.05) is 11.6 Å². The predicted octanol–water partition coefficient (Wildman–Crippen LogP) is 1.52. The highest BCUT2D eigenvalue weighted by atomic mass is 35.5. The average Bonchev–Trinajstić information content (AvgIpc) is 2.45. The molecule has 25 heavy (non-hydrogen) atoms. The Balaban J connectivity index is 2.85. The number of ether oxygens (including phenoxy) is 1. The molecule has 0 heterocycles. The van der Waals surface area contributed by atoms with Gasteiger partial charge in [0.15, 0.2) is 15.9 Å². The molecule has 0 unspecified atom stereocenters. The minimum absolute atomic E-state index is 0.0254. The van der Waals surface area contributed by atoms with Gasteiger partial charge >= 0.3 is 12.0 Å². The van der Waals surface area contributed by atoms with E-state index in [1.54, 1.807) is 13.8 Å². The maximum absolute atomic E-state index is 12.1. The Kier molecular flexibility index (Phi) is 6.95. The van der Waals surface area contributed by atoms with Crippen LogP contribution in [0.1, 0.15) is 31.1 Å². The molecule has 138 valence electrons. The van der Waals surface area contributed by atoms with E-state index in [9.17, 15) is 22.8 Å². The van der Waals surface area contributed by atoms with Gasteiger partial charge in [0, 0.05) is 12.3 Å². The molecule has 1 rings (SSSR count). The van der Waals surface area contributed by atoms with Gasteiger partial charge in [0.05, 0.1) is 15.5 Å². The van der Waals surface area contributed by atoms with Gasteiger partial charge in [0.1, 0.15) is 0 Å². The zero-order chi connectivity index (χ0) is 19.4. The maximum Gasteiger partial charge on any atom is 0.340 e. The summed E-state index contributed by atoms with van der Waals surface area (Å²) < 4.78 is 28.1. The first-order valence-electron chi connectivity index (χ1n) is 7.23. The fraction of sp³-hybridized carbons (Fsp3) is 0.400. The topological polar surface area (TPSA) is 119 Å². The summed E-state index contributed by atoms with van der Waals surface area (Å²) in [6.07, 6.45) is -0.308. The number of urea groups is 1. The number of hydrogen-bond acceptors (Lipinski definition) is 6. The molecular weight excluding hydrogens is 372 g/mol. The Labute approximate surface area is 150 Å². The van der Waals surface area contributed by atoms with Crippen LogP contribution in [0.2, 0.25) is 5.02 Å². The van der Waals surface area contributed by atoms with E-state index >= 15 is 0 Å². The lowest BCUT2D eigenvalue weighted by atomic mass is 10.2. The van der Waals surface area contributed by atoms with Crippen molar-refractivity contribution in [2.24, 2.45) is 0 Å². The highest BCUT2D eigenvalue weighted by molar-refractivity contribution is 7.90. The van der Waals surface area contributed by atoms with Crippen molar-refractivity contribution < 1.29 is 27.5 Å². The zero-order valence-electron chi connectivity index (χ0n) is 14.1. The van der Waals surface area contributed by atoms with Crippen LogP contribution in [0, 0.1) is 0 Å². The molecule has 1 aromatic rings. The first-order chi connectivity index (χ1) is 11.4. The van der Waals surface area contributed by atoms with E-state index < -0.39 is 33.8 Å². The molecule has 1 atom stereocenters. The highest BCUT2D eigenvalue weighted by Gasteiger charge is 2.23. The van der Waals surface area contributed by atoms with Crippen LogP contribution in [0.4, 0.5) is 4.79 Å². The van der Waals surface area contributed by atoms with Crippen LogP contribution in [-0.2, 0) is 19.4 Å². The summed E-state index contributed by atoms with van der Waals surface area (Å²) in [4.78, 5) is 35.3. The molecule has 0 aliphatic heterocycles. The molecule has 0 saturated carbocycles. The lowest BCUT2D eigenvalue weighted by Gasteiger charge is -2.15.